The van der Waals surface area contributed by atoms with Crippen LogP contribution in [0.3, 0.4) is 0 Å². The molecule has 3 rings (SSSR count). The molecule has 0 aromatic heterocycles. The van der Waals surface area contributed by atoms with Crippen LogP contribution in [-0.4, -0.2) is 27.2 Å². The van der Waals surface area contributed by atoms with Crippen LogP contribution < -0.4 is 19.9 Å². The second-order valence-electron chi connectivity index (χ2n) is 6.45. The number of hydrogen-bond donors (Lipinski definition) is 1. The van der Waals surface area contributed by atoms with Gasteiger partial charge in [-0.25, -0.2) is 4.39 Å². The molecule has 1 amide bonds. The lowest BCUT2D eigenvalue weighted by atomic mass is 10.00. The minimum Gasteiger partial charge on any atom is -0.493 e. The first-order valence-electron chi connectivity index (χ1n) is 8.70. The van der Waals surface area contributed by atoms with Crippen molar-refractivity contribution < 1.29 is 23.4 Å². The molecule has 0 unspecified atom stereocenters. The SMILES string of the molecule is COc1cc(/C=C2\C(C)=C(CC(N)=O)c3cc(F)ccc32)cc(OC)c1OC. The van der Waals surface area contributed by atoms with Crippen LogP contribution in [0.25, 0.3) is 17.2 Å². The average molecular weight is 383 g/mol. The highest BCUT2D eigenvalue weighted by Crippen LogP contribution is 2.45. The van der Waals surface area contributed by atoms with Gasteiger partial charge >= 0.3 is 0 Å². The largest absolute Gasteiger partial charge is 0.493 e. The number of rotatable bonds is 6. The molecule has 0 atom stereocenters. The lowest BCUT2D eigenvalue weighted by Gasteiger charge is -2.13. The summed E-state index contributed by atoms with van der Waals surface area (Å²) < 4.78 is 30.0. The Labute approximate surface area is 163 Å². The fourth-order valence-electron chi connectivity index (χ4n) is 3.51. The number of carbonyl (C=O) groups is 1. The zero-order valence-corrected chi connectivity index (χ0v) is 16.3. The fourth-order valence-corrected chi connectivity index (χ4v) is 3.51. The number of carbonyl (C=O) groups excluding carboxylic acids is 1. The molecule has 2 N–H and O–H groups in total. The van der Waals surface area contributed by atoms with Gasteiger partial charge in [0.15, 0.2) is 11.5 Å². The third kappa shape index (κ3) is 3.45. The summed E-state index contributed by atoms with van der Waals surface area (Å²) in [5.41, 5.74) is 10.3. The molecule has 5 nitrogen and oxygen atoms in total. The van der Waals surface area contributed by atoms with E-state index in [1.165, 1.54) is 12.1 Å². The monoisotopic (exact) mass is 383 g/mol. The van der Waals surface area contributed by atoms with Crippen molar-refractivity contribution in [2.45, 2.75) is 13.3 Å². The summed E-state index contributed by atoms with van der Waals surface area (Å²) in [7, 11) is 4.65. The fraction of sp³-hybridized carbons (Fsp3) is 0.227. The number of allylic oxidation sites excluding steroid dienone is 2. The summed E-state index contributed by atoms with van der Waals surface area (Å²) >= 11 is 0. The summed E-state index contributed by atoms with van der Waals surface area (Å²) in [6, 6.07) is 8.22. The van der Waals surface area contributed by atoms with Gasteiger partial charge in [-0.1, -0.05) is 6.07 Å². The van der Waals surface area contributed by atoms with E-state index in [0.717, 1.165) is 27.8 Å². The van der Waals surface area contributed by atoms with Crippen molar-refractivity contribution in [3.8, 4) is 17.2 Å². The number of amides is 1. The Hall–Kier alpha value is -3.28. The normalized spacial score (nSPS) is 14.2. The molecule has 2 aromatic rings. The molecule has 0 heterocycles. The minimum absolute atomic E-state index is 0.0505. The number of ether oxygens (including phenoxy) is 3. The third-order valence-corrected chi connectivity index (χ3v) is 4.80. The van der Waals surface area contributed by atoms with E-state index in [-0.39, 0.29) is 12.2 Å². The zero-order chi connectivity index (χ0) is 20.4. The molecule has 0 saturated carbocycles. The van der Waals surface area contributed by atoms with Crippen molar-refractivity contribution in [3.05, 3.63) is 58.4 Å². The second-order valence-corrected chi connectivity index (χ2v) is 6.45. The van der Waals surface area contributed by atoms with Crippen LogP contribution >= 0.6 is 0 Å². The van der Waals surface area contributed by atoms with Crippen molar-refractivity contribution >= 4 is 23.1 Å². The molecule has 1 aliphatic rings. The number of primary amides is 1. The molecule has 146 valence electrons. The summed E-state index contributed by atoms with van der Waals surface area (Å²) in [5, 5.41) is 0. The Balaban J connectivity index is 2.19. The van der Waals surface area contributed by atoms with E-state index >= 15 is 0 Å². The lowest BCUT2D eigenvalue weighted by Crippen LogP contribution is -2.10. The molecule has 0 saturated heterocycles. The van der Waals surface area contributed by atoms with E-state index in [1.807, 2.05) is 25.1 Å². The molecular weight excluding hydrogens is 361 g/mol. The molecule has 1 aliphatic carbocycles. The topological polar surface area (TPSA) is 70.8 Å². The first-order chi connectivity index (χ1) is 13.4. The molecule has 0 radical (unpaired) electrons. The van der Waals surface area contributed by atoms with E-state index in [0.29, 0.717) is 22.8 Å². The summed E-state index contributed by atoms with van der Waals surface area (Å²) in [4.78, 5) is 11.5. The van der Waals surface area contributed by atoms with Crippen LogP contribution in [0.15, 0.2) is 35.9 Å². The average Bonchev–Trinajstić information content (AvgIpc) is 2.91. The maximum Gasteiger partial charge on any atom is 0.221 e. The third-order valence-electron chi connectivity index (χ3n) is 4.80. The predicted molar refractivity (Wildman–Crippen MR) is 107 cm³/mol. The van der Waals surface area contributed by atoms with E-state index in [2.05, 4.69) is 0 Å². The summed E-state index contributed by atoms with van der Waals surface area (Å²) in [6.07, 6.45) is 2.00. The van der Waals surface area contributed by atoms with Crippen LogP contribution in [0.1, 0.15) is 30.0 Å². The van der Waals surface area contributed by atoms with Gasteiger partial charge in [0.2, 0.25) is 11.7 Å². The van der Waals surface area contributed by atoms with Crippen LogP contribution in [0.2, 0.25) is 0 Å². The number of nitrogens with two attached hydrogens (primary N) is 1. The predicted octanol–water partition coefficient (Wildman–Crippen LogP) is 4.05. The van der Waals surface area contributed by atoms with Gasteiger partial charge in [-0.15, -0.1) is 0 Å². The quantitative estimate of drug-likeness (QED) is 0.817. The highest BCUT2D eigenvalue weighted by molar-refractivity contribution is 6.08. The van der Waals surface area contributed by atoms with E-state index < -0.39 is 5.91 Å². The number of hydrogen-bond acceptors (Lipinski definition) is 4. The highest BCUT2D eigenvalue weighted by Gasteiger charge is 2.25. The van der Waals surface area contributed by atoms with Gasteiger partial charge in [0.05, 0.1) is 27.8 Å². The van der Waals surface area contributed by atoms with Crippen LogP contribution in [-0.2, 0) is 4.79 Å². The Morgan fingerprint density at radius 1 is 1.04 bits per heavy atom. The lowest BCUT2D eigenvalue weighted by molar-refractivity contribution is -0.117. The Morgan fingerprint density at radius 3 is 2.21 bits per heavy atom. The molecule has 2 aromatic carbocycles. The van der Waals surface area contributed by atoms with Gasteiger partial charge in [0, 0.05) is 0 Å². The number of benzene rings is 2. The van der Waals surface area contributed by atoms with Crippen LogP contribution in [0.4, 0.5) is 4.39 Å². The number of halogens is 1. The van der Waals surface area contributed by atoms with Gasteiger partial charge < -0.3 is 19.9 Å². The van der Waals surface area contributed by atoms with Crippen molar-refractivity contribution in [3.63, 3.8) is 0 Å². The second kappa shape index (κ2) is 7.76. The molecule has 0 fully saturated rings. The molecule has 6 heteroatoms. The van der Waals surface area contributed by atoms with E-state index in [1.54, 1.807) is 27.4 Å². The highest BCUT2D eigenvalue weighted by atomic mass is 19.1. The molecule has 28 heavy (non-hydrogen) atoms. The Kier molecular flexibility index (Phi) is 5.40. The molecule has 0 bridgehead atoms. The Bertz CT molecular complexity index is 983. The van der Waals surface area contributed by atoms with E-state index in [4.69, 9.17) is 19.9 Å². The van der Waals surface area contributed by atoms with Crippen molar-refractivity contribution in [1.29, 1.82) is 0 Å². The summed E-state index contributed by atoms with van der Waals surface area (Å²) in [5.74, 6) is 0.749. The van der Waals surface area contributed by atoms with Gasteiger partial charge in [-0.05, 0) is 70.7 Å². The van der Waals surface area contributed by atoms with Gasteiger partial charge in [0.1, 0.15) is 5.82 Å². The zero-order valence-electron chi connectivity index (χ0n) is 16.3. The van der Waals surface area contributed by atoms with E-state index in [9.17, 15) is 9.18 Å². The van der Waals surface area contributed by atoms with Gasteiger partial charge in [-0.3, -0.25) is 4.79 Å². The minimum atomic E-state index is -0.460. The van der Waals surface area contributed by atoms with Crippen molar-refractivity contribution in [2.75, 3.05) is 21.3 Å². The maximum atomic E-state index is 13.8. The molecule has 0 spiro atoms. The maximum absolute atomic E-state index is 13.8. The summed E-state index contributed by atoms with van der Waals surface area (Å²) in [6.45, 7) is 1.90. The molecule has 0 aliphatic heterocycles. The first kappa shape index (κ1) is 19.5. The number of fused-ring (bicyclic) bond motifs is 1. The van der Waals surface area contributed by atoms with Crippen LogP contribution in [0.5, 0.6) is 17.2 Å². The van der Waals surface area contributed by atoms with Crippen molar-refractivity contribution in [1.82, 2.24) is 0 Å². The van der Waals surface area contributed by atoms with Gasteiger partial charge in [0.25, 0.3) is 0 Å². The van der Waals surface area contributed by atoms with Crippen LogP contribution in [0, 0.1) is 5.82 Å². The van der Waals surface area contributed by atoms with Gasteiger partial charge in [-0.2, -0.15) is 0 Å². The first-order valence-corrected chi connectivity index (χ1v) is 8.70. The van der Waals surface area contributed by atoms with Crippen molar-refractivity contribution in [2.24, 2.45) is 5.73 Å². The number of methoxy groups -OCH3 is 3. The smallest absolute Gasteiger partial charge is 0.221 e. The molecular formula is C22H22FNO4. The standard InChI is InChI=1S/C22H22FNO4/c1-12-16(7-13-8-19(26-2)22(28-4)20(9-13)27-3)15-6-5-14(23)10-18(15)17(12)11-21(24)25/h5-10H,11H2,1-4H3,(H2,24,25)/b16-7+. The Morgan fingerprint density at radius 2 is 1.68 bits per heavy atom.